The van der Waals surface area contributed by atoms with Gasteiger partial charge in [-0.05, 0) is 30.7 Å². The molecule has 110 valence electrons. The Hall–Kier alpha value is -2.07. The minimum Gasteiger partial charge on any atom is -0.387 e. The Bertz CT molecular complexity index is 628. The van der Waals surface area contributed by atoms with Crippen molar-refractivity contribution in [2.45, 2.75) is 13.0 Å². The number of pyridine rings is 1. The van der Waals surface area contributed by atoms with Gasteiger partial charge in [-0.2, -0.15) is 0 Å². The van der Waals surface area contributed by atoms with Crippen LogP contribution in [-0.4, -0.2) is 29.9 Å². The summed E-state index contributed by atoms with van der Waals surface area (Å²) in [5.74, 6) is -0.134. The highest BCUT2D eigenvalue weighted by Crippen LogP contribution is 2.27. The number of anilines is 1. The minimum absolute atomic E-state index is 0.128. The summed E-state index contributed by atoms with van der Waals surface area (Å²) in [7, 11) is 3.56. The van der Waals surface area contributed by atoms with Gasteiger partial charge in [0.25, 0.3) is 5.91 Å². The van der Waals surface area contributed by atoms with E-state index in [1.807, 2.05) is 44.3 Å². The topological polar surface area (TPSA) is 45.2 Å². The third kappa shape index (κ3) is 3.34. The number of halogens is 1. The van der Waals surface area contributed by atoms with Gasteiger partial charge in [0.2, 0.25) is 0 Å². The van der Waals surface area contributed by atoms with Gasteiger partial charge in [-0.1, -0.05) is 29.8 Å². The van der Waals surface area contributed by atoms with Gasteiger partial charge in [-0.15, -0.1) is 0 Å². The lowest BCUT2D eigenvalue weighted by Gasteiger charge is -2.25. The molecule has 1 amide bonds. The largest absolute Gasteiger partial charge is 0.387 e. The van der Waals surface area contributed by atoms with Crippen molar-refractivity contribution in [1.29, 1.82) is 0 Å². The monoisotopic (exact) mass is 303 g/mol. The Balaban J connectivity index is 2.20. The predicted octanol–water partition coefficient (Wildman–Crippen LogP) is 3.61. The molecule has 21 heavy (non-hydrogen) atoms. The highest BCUT2D eigenvalue weighted by atomic mass is 35.5. The van der Waals surface area contributed by atoms with E-state index in [-0.39, 0.29) is 11.9 Å². The number of aromatic nitrogens is 1. The van der Waals surface area contributed by atoms with Crippen LogP contribution in [0.4, 0.5) is 5.69 Å². The van der Waals surface area contributed by atoms with Crippen LogP contribution in [0.15, 0.2) is 42.6 Å². The van der Waals surface area contributed by atoms with Crippen molar-refractivity contribution < 1.29 is 4.79 Å². The van der Waals surface area contributed by atoms with E-state index in [1.165, 1.54) is 0 Å². The third-order valence-electron chi connectivity index (χ3n) is 3.53. The third-order valence-corrected chi connectivity index (χ3v) is 3.87. The molecule has 0 bridgehead atoms. The van der Waals surface area contributed by atoms with Crippen molar-refractivity contribution in [3.05, 3.63) is 58.9 Å². The molecule has 1 heterocycles. The molecule has 0 aliphatic rings. The van der Waals surface area contributed by atoms with Crippen LogP contribution in [0.2, 0.25) is 5.02 Å². The van der Waals surface area contributed by atoms with Crippen LogP contribution in [0.1, 0.15) is 29.0 Å². The van der Waals surface area contributed by atoms with Crippen LogP contribution in [-0.2, 0) is 0 Å². The zero-order valence-electron chi connectivity index (χ0n) is 12.3. The summed E-state index contributed by atoms with van der Waals surface area (Å²) in [6.07, 6.45) is 1.64. The summed E-state index contributed by atoms with van der Waals surface area (Å²) in [5.41, 5.74) is 2.20. The van der Waals surface area contributed by atoms with Gasteiger partial charge in [0.15, 0.2) is 0 Å². The van der Waals surface area contributed by atoms with E-state index >= 15 is 0 Å². The number of nitrogens with one attached hydrogen (secondary N) is 1. The van der Waals surface area contributed by atoms with E-state index in [9.17, 15) is 4.79 Å². The fraction of sp³-hybridized carbons (Fsp3) is 0.250. The lowest BCUT2D eigenvalue weighted by molar-refractivity contribution is 0.0737. The molecule has 0 radical (unpaired) electrons. The fourth-order valence-corrected chi connectivity index (χ4v) is 2.34. The minimum atomic E-state index is -0.134. The molecule has 1 N–H and O–H groups in total. The van der Waals surface area contributed by atoms with Crippen molar-refractivity contribution in [1.82, 2.24) is 9.88 Å². The first-order valence-electron chi connectivity index (χ1n) is 6.70. The van der Waals surface area contributed by atoms with E-state index in [4.69, 9.17) is 11.6 Å². The van der Waals surface area contributed by atoms with Gasteiger partial charge < -0.3 is 10.2 Å². The van der Waals surface area contributed by atoms with E-state index in [2.05, 4.69) is 10.3 Å². The number of rotatable bonds is 4. The molecular formula is C16H18ClN3O. The molecule has 1 aromatic heterocycles. The molecule has 0 fully saturated rings. The second-order valence-electron chi connectivity index (χ2n) is 4.80. The second-order valence-corrected chi connectivity index (χ2v) is 5.20. The van der Waals surface area contributed by atoms with E-state index < -0.39 is 0 Å². The number of hydrogen-bond donors (Lipinski definition) is 1. The molecule has 1 unspecified atom stereocenters. The lowest BCUT2D eigenvalue weighted by atomic mass is 10.1. The maximum Gasteiger partial charge on any atom is 0.272 e. The summed E-state index contributed by atoms with van der Waals surface area (Å²) in [6, 6.07) is 10.9. The normalized spacial score (nSPS) is 11.8. The van der Waals surface area contributed by atoms with Gasteiger partial charge in [-0.3, -0.25) is 4.79 Å². The number of carbonyl (C=O) groups is 1. The number of hydrogen-bond acceptors (Lipinski definition) is 3. The van der Waals surface area contributed by atoms with E-state index in [1.54, 1.807) is 24.2 Å². The summed E-state index contributed by atoms with van der Waals surface area (Å²) in [5, 5.41) is 3.63. The molecule has 0 spiro atoms. The molecule has 0 aliphatic carbocycles. The molecule has 1 aromatic carbocycles. The quantitative estimate of drug-likeness (QED) is 0.938. The summed E-state index contributed by atoms with van der Waals surface area (Å²) >= 11 is 6.19. The van der Waals surface area contributed by atoms with Crippen LogP contribution < -0.4 is 5.32 Å². The van der Waals surface area contributed by atoms with Crippen molar-refractivity contribution in [3.63, 3.8) is 0 Å². The first-order chi connectivity index (χ1) is 10.0. The Morgan fingerprint density at radius 1 is 1.29 bits per heavy atom. The van der Waals surface area contributed by atoms with Crippen LogP contribution >= 0.6 is 11.6 Å². The smallest absolute Gasteiger partial charge is 0.272 e. The van der Waals surface area contributed by atoms with Crippen molar-refractivity contribution in [2.75, 3.05) is 19.4 Å². The Morgan fingerprint density at radius 2 is 2.00 bits per heavy atom. The predicted molar refractivity (Wildman–Crippen MR) is 85.7 cm³/mol. The van der Waals surface area contributed by atoms with Crippen molar-refractivity contribution in [3.8, 4) is 0 Å². The van der Waals surface area contributed by atoms with Crippen molar-refractivity contribution in [2.24, 2.45) is 0 Å². The zero-order valence-corrected chi connectivity index (χ0v) is 13.1. The van der Waals surface area contributed by atoms with Crippen LogP contribution in [0.5, 0.6) is 0 Å². The highest BCUT2D eigenvalue weighted by Gasteiger charge is 2.21. The lowest BCUT2D eigenvalue weighted by Crippen LogP contribution is -2.30. The molecule has 5 heteroatoms. The molecule has 2 rings (SSSR count). The summed E-state index contributed by atoms with van der Waals surface area (Å²) in [6.45, 7) is 1.95. The fourth-order valence-electron chi connectivity index (χ4n) is 2.05. The van der Waals surface area contributed by atoms with Crippen LogP contribution in [0.3, 0.4) is 0 Å². The number of benzene rings is 1. The first kappa shape index (κ1) is 15.3. The van der Waals surface area contributed by atoms with Gasteiger partial charge in [-0.25, -0.2) is 4.98 Å². The van der Waals surface area contributed by atoms with E-state index in [0.717, 1.165) is 11.3 Å². The number of nitrogens with zero attached hydrogens (tertiary/aromatic N) is 2. The van der Waals surface area contributed by atoms with Crippen LogP contribution in [0.25, 0.3) is 0 Å². The molecule has 0 aliphatic heterocycles. The van der Waals surface area contributed by atoms with E-state index in [0.29, 0.717) is 10.7 Å². The highest BCUT2D eigenvalue weighted by molar-refractivity contribution is 6.31. The summed E-state index contributed by atoms with van der Waals surface area (Å²) < 4.78 is 0. The molecule has 4 nitrogen and oxygen atoms in total. The molecule has 0 saturated carbocycles. The summed E-state index contributed by atoms with van der Waals surface area (Å²) in [4.78, 5) is 18.3. The standard InChI is InChI=1S/C16H18ClN3O/c1-11(13-6-4-5-7-14(13)17)20(3)16(21)15-9-8-12(18-2)10-19-15/h4-11,18H,1-3H3. The Labute approximate surface area is 129 Å². The maximum atomic E-state index is 12.5. The Morgan fingerprint density at radius 3 is 2.57 bits per heavy atom. The van der Waals surface area contributed by atoms with Gasteiger partial charge >= 0.3 is 0 Å². The molecular weight excluding hydrogens is 286 g/mol. The maximum absolute atomic E-state index is 12.5. The van der Waals surface area contributed by atoms with Gasteiger partial charge in [0, 0.05) is 19.1 Å². The zero-order chi connectivity index (χ0) is 15.4. The average molecular weight is 304 g/mol. The van der Waals surface area contributed by atoms with Gasteiger partial charge in [0.05, 0.1) is 17.9 Å². The van der Waals surface area contributed by atoms with Crippen LogP contribution in [0, 0.1) is 0 Å². The Kier molecular flexibility index (Phi) is 4.81. The number of amides is 1. The van der Waals surface area contributed by atoms with Gasteiger partial charge in [0.1, 0.15) is 5.69 Å². The molecule has 1 atom stereocenters. The van der Waals surface area contributed by atoms with Crippen molar-refractivity contribution >= 4 is 23.2 Å². The first-order valence-corrected chi connectivity index (χ1v) is 7.07. The average Bonchev–Trinajstić information content (AvgIpc) is 2.53. The SMILES string of the molecule is CNc1ccc(C(=O)N(C)C(C)c2ccccc2Cl)nc1. The molecule has 2 aromatic rings. The molecule has 0 saturated heterocycles. The number of carbonyl (C=O) groups excluding carboxylic acids is 1. The second kappa shape index (κ2) is 6.59.